The Hall–Kier alpha value is -4.97. The van der Waals surface area contributed by atoms with Gasteiger partial charge in [-0.1, -0.05) is 26.5 Å². The highest BCUT2D eigenvalue weighted by Gasteiger charge is 2.50. The highest BCUT2D eigenvalue weighted by Crippen LogP contribution is 2.42. The van der Waals surface area contributed by atoms with E-state index in [0.717, 1.165) is 52.1 Å². The predicted molar refractivity (Wildman–Crippen MR) is 235 cm³/mol. The average Bonchev–Trinajstić information content (AvgIpc) is 3.92. The van der Waals surface area contributed by atoms with Crippen LogP contribution in [0.5, 0.6) is 0 Å². The Morgan fingerprint density at radius 1 is 1.21 bits per heavy atom. The van der Waals surface area contributed by atoms with Gasteiger partial charge in [-0.15, -0.1) is 11.3 Å². The number of hydrogen-bond donors (Lipinski definition) is 2. The average molecular weight is 861 g/mol. The van der Waals surface area contributed by atoms with Gasteiger partial charge in [0.1, 0.15) is 23.3 Å². The van der Waals surface area contributed by atoms with Crippen LogP contribution in [0.25, 0.3) is 28.0 Å². The molecule has 0 aliphatic carbocycles. The number of likely N-dealkylation sites (tertiary alicyclic amines) is 1. The lowest BCUT2D eigenvalue weighted by molar-refractivity contribution is -0.723. The third kappa shape index (κ3) is 8.88. The van der Waals surface area contributed by atoms with E-state index in [9.17, 15) is 19.2 Å². The number of ether oxygens (including phenoxy) is 3. The fourth-order valence-electron chi connectivity index (χ4n) is 9.00. The molecule has 2 saturated heterocycles. The zero-order valence-electron chi connectivity index (χ0n) is 37.0. The minimum atomic E-state index is -0.952. The number of hydrogen-bond acceptors (Lipinski definition) is 11. The molecule has 0 aromatic carbocycles. The second kappa shape index (κ2) is 19.4. The normalized spacial score (nSPS) is 19.8. The van der Waals surface area contributed by atoms with E-state index in [-0.39, 0.29) is 43.1 Å². The first-order valence-corrected chi connectivity index (χ1v) is 22.0. The minimum absolute atomic E-state index is 0.0257. The van der Waals surface area contributed by atoms with Gasteiger partial charge < -0.3 is 33.9 Å². The van der Waals surface area contributed by atoms with E-state index in [2.05, 4.69) is 46.4 Å². The van der Waals surface area contributed by atoms with Crippen molar-refractivity contribution in [2.45, 2.75) is 104 Å². The summed E-state index contributed by atoms with van der Waals surface area (Å²) < 4.78 is 21.1. The summed E-state index contributed by atoms with van der Waals surface area (Å²) in [5.74, 6) is -0.911. The third-order valence-electron chi connectivity index (χ3n) is 12.1. The molecule has 3 aromatic heterocycles. The van der Waals surface area contributed by atoms with Crippen molar-refractivity contribution < 1.29 is 38.0 Å². The zero-order valence-corrected chi connectivity index (χ0v) is 37.8. The minimum Gasteiger partial charge on any atom is -0.460 e. The number of aromatic nitrogens is 3. The number of carbonyl (C=O) groups excluding carboxylic acids is 4. The van der Waals surface area contributed by atoms with Crippen LogP contribution in [0.4, 0.5) is 4.79 Å². The SMILES string of the molecule is C=C/C(=C(\N=C/C)[C@H](C)OC)c1c2c3c(ccc(-c4csc(C[C@H](NC(=O)[C@H](C(C)C)N(C)C(=O)N5CC(OC)C5)C(=O)N5CCCCN5)n4)[n+]3C(C)(COC=O)C2)n1CC. The van der Waals surface area contributed by atoms with Crippen LogP contribution in [0.15, 0.2) is 40.9 Å². The number of amides is 4. The summed E-state index contributed by atoms with van der Waals surface area (Å²) in [5, 5.41) is 7.25. The second-order valence-electron chi connectivity index (χ2n) is 16.6. The Morgan fingerprint density at radius 2 is 1.97 bits per heavy atom. The lowest BCUT2D eigenvalue weighted by atomic mass is 9.94. The first kappa shape index (κ1) is 45.6. The molecule has 6 rings (SSSR count). The number of allylic oxidation sites excluding steroid dienone is 2. The van der Waals surface area contributed by atoms with Crippen molar-refractivity contribution >= 4 is 58.5 Å². The Morgan fingerprint density at radius 3 is 2.57 bits per heavy atom. The van der Waals surface area contributed by atoms with Gasteiger partial charge in [0.15, 0.2) is 6.61 Å². The number of nitrogens with zero attached hydrogens (tertiary/aromatic N) is 7. The predicted octanol–water partition coefficient (Wildman–Crippen LogP) is 4.10. The van der Waals surface area contributed by atoms with Gasteiger partial charge in [0, 0.05) is 83.9 Å². The molecule has 330 valence electrons. The highest BCUT2D eigenvalue weighted by molar-refractivity contribution is 7.10. The van der Waals surface area contributed by atoms with Gasteiger partial charge in [-0.3, -0.25) is 24.4 Å². The molecular weight excluding hydrogens is 799 g/mol. The van der Waals surface area contributed by atoms with Crippen LogP contribution in [0.3, 0.4) is 0 Å². The topological polar surface area (TPSA) is 164 Å². The number of aryl methyl sites for hydroxylation is 1. The van der Waals surface area contributed by atoms with E-state index in [1.165, 1.54) is 16.2 Å². The van der Waals surface area contributed by atoms with E-state index in [1.54, 1.807) is 37.4 Å². The number of likely N-dealkylation sites (N-methyl/N-ethyl adjacent to an activating group) is 1. The van der Waals surface area contributed by atoms with Crippen LogP contribution < -0.4 is 15.3 Å². The van der Waals surface area contributed by atoms with E-state index in [4.69, 9.17) is 24.2 Å². The highest BCUT2D eigenvalue weighted by atomic mass is 32.1. The summed E-state index contributed by atoms with van der Waals surface area (Å²) in [4.78, 5) is 66.5. The Balaban J connectivity index is 1.39. The van der Waals surface area contributed by atoms with Gasteiger partial charge in [-0.25, -0.2) is 15.2 Å². The molecule has 0 spiro atoms. The maximum absolute atomic E-state index is 14.2. The van der Waals surface area contributed by atoms with Crippen molar-refractivity contribution in [1.82, 2.24) is 35.1 Å². The van der Waals surface area contributed by atoms with Gasteiger partial charge in [0.25, 0.3) is 12.4 Å². The lowest BCUT2D eigenvalue weighted by Crippen LogP contribution is -2.63. The summed E-state index contributed by atoms with van der Waals surface area (Å²) in [7, 11) is 4.91. The molecular formula is C44H62N9O7S+. The zero-order chi connectivity index (χ0) is 44.2. The van der Waals surface area contributed by atoms with E-state index in [1.807, 2.05) is 45.2 Å². The molecule has 1 unspecified atom stereocenters. The standard InChI is InChI=1S/C44H61N9O7S/c1-11-30(37(45-12-2)28(6)58-9)39-31-21-44(7,25-60-26-54)53-34(16-17-35(40(31)53)51(39)13-3)33-24-61-36(47-33)20-32(42(56)52-19-15-14-18-46-52)48-41(55)38(27(4)5)49(8)43(57)50-22-29(23-50)59-10/h11-12,16-17,24,26-29,32,38,46H,1,13-15,18-23,25H2,2-10H3/p+1/t28-,32-,38-,44?/m0/s1. The smallest absolute Gasteiger partial charge is 0.320 e. The molecule has 0 radical (unpaired) electrons. The fraction of sp³-hybridized carbons (Fsp3) is 0.568. The Bertz CT molecular complexity index is 2190. The van der Waals surface area contributed by atoms with Gasteiger partial charge >= 0.3 is 6.03 Å². The summed E-state index contributed by atoms with van der Waals surface area (Å²) >= 11 is 1.41. The maximum atomic E-state index is 14.2. The lowest BCUT2D eigenvalue weighted by Gasteiger charge is -2.42. The second-order valence-corrected chi connectivity index (χ2v) is 17.5. The first-order chi connectivity index (χ1) is 29.3. The van der Waals surface area contributed by atoms with Crippen LogP contribution in [0.1, 0.15) is 70.6 Å². The van der Waals surface area contributed by atoms with Crippen LogP contribution in [-0.4, -0.2) is 133 Å². The van der Waals surface area contributed by atoms with E-state index >= 15 is 0 Å². The van der Waals surface area contributed by atoms with Crippen molar-refractivity contribution in [1.29, 1.82) is 0 Å². The fourth-order valence-corrected chi connectivity index (χ4v) is 9.83. The van der Waals surface area contributed by atoms with Gasteiger partial charge in [0.2, 0.25) is 22.7 Å². The van der Waals surface area contributed by atoms with Crippen molar-refractivity contribution in [3.8, 4) is 11.4 Å². The van der Waals surface area contributed by atoms with Crippen molar-refractivity contribution in [2.75, 3.05) is 54.1 Å². The number of thiazole rings is 1. The van der Waals surface area contributed by atoms with Crippen molar-refractivity contribution in [2.24, 2.45) is 10.9 Å². The number of nitrogens with one attached hydrogen (secondary N) is 2. The maximum Gasteiger partial charge on any atom is 0.320 e. The molecule has 2 fully saturated rings. The largest absolute Gasteiger partial charge is 0.460 e. The molecule has 0 bridgehead atoms. The van der Waals surface area contributed by atoms with Crippen LogP contribution in [0.2, 0.25) is 0 Å². The van der Waals surface area contributed by atoms with E-state index < -0.39 is 23.5 Å². The number of methoxy groups -OCH3 is 2. The quantitative estimate of drug-likeness (QED) is 0.0830. The Labute approximate surface area is 362 Å². The molecule has 17 heteroatoms. The molecule has 4 amide bonds. The molecule has 3 aliphatic heterocycles. The summed E-state index contributed by atoms with van der Waals surface area (Å²) in [6.07, 6.45) is 5.74. The summed E-state index contributed by atoms with van der Waals surface area (Å²) in [6.45, 7) is 19.4. The first-order valence-electron chi connectivity index (χ1n) is 21.2. The number of rotatable bonds is 18. The number of aliphatic imine (C=N–C) groups is 1. The summed E-state index contributed by atoms with van der Waals surface area (Å²) in [6, 6.07) is 2.10. The molecule has 61 heavy (non-hydrogen) atoms. The number of hydrazine groups is 1. The molecule has 6 heterocycles. The van der Waals surface area contributed by atoms with Crippen molar-refractivity contribution in [3.05, 3.63) is 52.1 Å². The number of urea groups is 1. The molecule has 0 saturated carbocycles. The van der Waals surface area contributed by atoms with Crippen LogP contribution in [0, 0.1) is 5.92 Å². The molecule has 2 N–H and O–H groups in total. The number of carbonyl (C=O) groups is 4. The number of pyridine rings is 1. The van der Waals surface area contributed by atoms with Gasteiger partial charge in [0.05, 0.1) is 47.3 Å². The van der Waals surface area contributed by atoms with E-state index in [0.29, 0.717) is 56.3 Å². The Kier molecular flexibility index (Phi) is 14.5. The van der Waals surface area contributed by atoms with Crippen LogP contribution in [-0.2, 0) is 53.5 Å². The third-order valence-corrected chi connectivity index (χ3v) is 13.0. The monoisotopic (exact) mass is 860 g/mol. The van der Waals surface area contributed by atoms with Crippen molar-refractivity contribution in [3.63, 3.8) is 0 Å². The summed E-state index contributed by atoms with van der Waals surface area (Å²) in [5.41, 5.74) is 9.70. The molecule has 3 aromatic rings. The van der Waals surface area contributed by atoms with Gasteiger partial charge in [-0.05, 0) is 45.6 Å². The van der Waals surface area contributed by atoms with Crippen LogP contribution >= 0.6 is 11.3 Å². The van der Waals surface area contributed by atoms with Gasteiger partial charge in [-0.2, -0.15) is 4.57 Å². The molecule has 3 aliphatic rings. The molecule has 4 atom stereocenters. The molecule has 16 nitrogen and oxygen atoms in total.